The van der Waals surface area contributed by atoms with Crippen molar-refractivity contribution in [1.82, 2.24) is 0 Å². The maximum atomic E-state index is 6.65. The van der Waals surface area contributed by atoms with E-state index in [0.717, 1.165) is 18.8 Å². The molecule has 0 heterocycles. The fraction of sp³-hybridized carbons (Fsp3) is 0.778. The number of rotatable bonds is 4. The Hall–Kier alpha value is -0.440. The third-order valence-electron chi connectivity index (χ3n) is 1.70. The molecule has 0 amide bonds. The predicted octanol–water partition coefficient (Wildman–Crippen LogP) is 2.79. The van der Waals surface area contributed by atoms with Crippen molar-refractivity contribution < 1.29 is 0 Å². The zero-order valence-electron chi connectivity index (χ0n) is 6.41. The summed E-state index contributed by atoms with van der Waals surface area (Å²) in [6.07, 6.45) is 11.1. The molecule has 0 aromatic rings. The molecule has 0 fully saturated rings. The molecule has 9 heavy (non-hydrogen) atoms. The van der Waals surface area contributed by atoms with E-state index in [-0.39, 0.29) is 0 Å². The highest BCUT2D eigenvalue weighted by atomic mass is 14.0. The van der Waals surface area contributed by atoms with Crippen LogP contribution in [0.5, 0.6) is 0 Å². The Morgan fingerprint density at radius 3 is 2.67 bits per heavy atom. The lowest BCUT2D eigenvalue weighted by Crippen LogP contribution is -1.90. The van der Waals surface area contributed by atoms with Gasteiger partial charge in [0, 0.05) is 6.42 Å². The van der Waals surface area contributed by atoms with E-state index in [4.69, 9.17) is 6.42 Å². The van der Waals surface area contributed by atoms with Crippen LogP contribution in [0.15, 0.2) is 0 Å². The van der Waals surface area contributed by atoms with Crippen molar-refractivity contribution in [2.75, 3.05) is 0 Å². The van der Waals surface area contributed by atoms with Crippen LogP contribution >= 0.6 is 0 Å². The topological polar surface area (TPSA) is 0 Å². The Morgan fingerprint density at radius 2 is 2.22 bits per heavy atom. The van der Waals surface area contributed by atoms with E-state index in [1.807, 2.05) is 0 Å². The van der Waals surface area contributed by atoms with Crippen molar-refractivity contribution in [2.24, 2.45) is 5.92 Å². The van der Waals surface area contributed by atoms with Crippen molar-refractivity contribution in [3.63, 3.8) is 0 Å². The van der Waals surface area contributed by atoms with E-state index in [1.165, 1.54) is 12.8 Å². The van der Waals surface area contributed by atoms with Gasteiger partial charge in [-0.1, -0.05) is 26.2 Å². The molecule has 0 rings (SSSR count). The predicted molar refractivity (Wildman–Crippen MR) is 40.4 cm³/mol. The number of unbranched alkanes of at least 4 members (excludes halogenated alkanes) is 1. The van der Waals surface area contributed by atoms with Crippen LogP contribution in [-0.4, -0.2) is 0 Å². The Kier molecular flexibility index (Phi) is 5.41. The molecular formula is C9H15. The van der Waals surface area contributed by atoms with Crippen molar-refractivity contribution >= 4 is 0 Å². The van der Waals surface area contributed by atoms with Gasteiger partial charge in [0.25, 0.3) is 0 Å². The van der Waals surface area contributed by atoms with Crippen LogP contribution in [0.25, 0.3) is 0 Å². The van der Waals surface area contributed by atoms with Gasteiger partial charge in [-0.05, 0) is 25.2 Å². The minimum absolute atomic E-state index is 0.832. The average Bonchev–Trinajstić information content (AvgIpc) is 1.89. The van der Waals surface area contributed by atoms with Crippen LogP contribution in [-0.2, 0) is 0 Å². The van der Waals surface area contributed by atoms with Crippen LogP contribution in [0, 0.1) is 18.3 Å². The van der Waals surface area contributed by atoms with Crippen LogP contribution in [0.1, 0.15) is 39.5 Å². The maximum Gasteiger partial charge on any atom is 0.00990 e. The maximum absolute atomic E-state index is 6.65. The summed E-state index contributed by atoms with van der Waals surface area (Å²) in [5.74, 6) is 3.23. The van der Waals surface area contributed by atoms with E-state index >= 15 is 0 Å². The Labute approximate surface area is 58.7 Å². The van der Waals surface area contributed by atoms with Crippen molar-refractivity contribution in [3.05, 3.63) is 6.42 Å². The van der Waals surface area contributed by atoms with Crippen LogP contribution in [0.2, 0.25) is 0 Å². The smallest absolute Gasteiger partial charge is 0.00990 e. The summed E-state index contributed by atoms with van der Waals surface area (Å²) in [4.78, 5) is 0. The number of hydrogen-bond donors (Lipinski definition) is 0. The van der Waals surface area contributed by atoms with Gasteiger partial charge in [0.1, 0.15) is 0 Å². The first-order valence-corrected chi connectivity index (χ1v) is 3.70. The third kappa shape index (κ3) is 5.43. The van der Waals surface area contributed by atoms with Gasteiger partial charge in [0.2, 0.25) is 0 Å². The molecule has 0 aliphatic carbocycles. The second-order valence-electron chi connectivity index (χ2n) is 2.58. The minimum atomic E-state index is 0.832. The monoisotopic (exact) mass is 123 g/mol. The van der Waals surface area contributed by atoms with Crippen LogP contribution in [0.4, 0.5) is 0 Å². The fourth-order valence-corrected chi connectivity index (χ4v) is 0.743. The SMILES string of the molecule is [C]#CCCCC(C)CC. The van der Waals surface area contributed by atoms with Gasteiger partial charge in [-0.2, -0.15) is 0 Å². The molecule has 0 aliphatic heterocycles. The largest absolute Gasteiger partial charge is 0.0891 e. The molecule has 0 spiro atoms. The summed E-state index contributed by atoms with van der Waals surface area (Å²) in [6.45, 7) is 4.46. The van der Waals surface area contributed by atoms with E-state index in [9.17, 15) is 0 Å². The van der Waals surface area contributed by atoms with Crippen LogP contribution < -0.4 is 0 Å². The van der Waals surface area contributed by atoms with Gasteiger partial charge in [-0.25, -0.2) is 0 Å². The fourth-order valence-electron chi connectivity index (χ4n) is 0.743. The molecule has 0 aromatic heterocycles. The zero-order chi connectivity index (χ0) is 7.11. The van der Waals surface area contributed by atoms with E-state index in [1.54, 1.807) is 0 Å². The Morgan fingerprint density at radius 1 is 1.56 bits per heavy atom. The van der Waals surface area contributed by atoms with E-state index < -0.39 is 0 Å². The number of hydrogen-bond acceptors (Lipinski definition) is 0. The first-order valence-electron chi connectivity index (χ1n) is 3.70. The molecule has 0 N–H and O–H groups in total. The molecule has 1 atom stereocenters. The lowest BCUT2D eigenvalue weighted by molar-refractivity contribution is 0.500. The normalized spacial score (nSPS) is 12.6. The quantitative estimate of drug-likeness (QED) is 0.398. The first-order chi connectivity index (χ1) is 4.31. The second-order valence-corrected chi connectivity index (χ2v) is 2.58. The molecule has 51 valence electrons. The average molecular weight is 123 g/mol. The molecule has 0 bridgehead atoms. The Balaban J connectivity index is 2.99. The second kappa shape index (κ2) is 5.69. The summed E-state index contributed by atoms with van der Waals surface area (Å²) >= 11 is 0. The molecular weight excluding hydrogens is 108 g/mol. The van der Waals surface area contributed by atoms with Gasteiger partial charge >= 0.3 is 0 Å². The van der Waals surface area contributed by atoms with Crippen molar-refractivity contribution in [3.8, 4) is 5.92 Å². The molecule has 0 aromatic carbocycles. The molecule has 0 saturated carbocycles. The summed E-state index contributed by atoms with van der Waals surface area (Å²) in [5, 5.41) is 0. The van der Waals surface area contributed by atoms with Gasteiger partial charge < -0.3 is 0 Å². The lowest BCUT2D eigenvalue weighted by Gasteiger charge is -2.04. The minimum Gasteiger partial charge on any atom is -0.0891 e. The molecule has 1 radical (unpaired) electrons. The summed E-state index contributed by atoms with van der Waals surface area (Å²) in [5.41, 5.74) is 0. The highest BCUT2D eigenvalue weighted by molar-refractivity contribution is 4.74. The molecule has 1 unspecified atom stereocenters. The highest BCUT2D eigenvalue weighted by Crippen LogP contribution is 2.09. The first kappa shape index (κ1) is 8.56. The lowest BCUT2D eigenvalue weighted by atomic mass is 10.0. The zero-order valence-corrected chi connectivity index (χ0v) is 6.41. The molecule has 0 saturated heterocycles. The van der Waals surface area contributed by atoms with Gasteiger partial charge in [0.15, 0.2) is 0 Å². The molecule has 0 aliphatic rings. The van der Waals surface area contributed by atoms with Gasteiger partial charge in [-0.15, -0.1) is 0 Å². The van der Waals surface area contributed by atoms with Crippen LogP contribution in [0.3, 0.4) is 0 Å². The third-order valence-corrected chi connectivity index (χ3v) is 1.70. The van der Waals surface area contributed by atoms with Gasteiger partial charge in [-0.3, -0.25) is 0 Å². The van der Waals surface area contributed by atoms with Crippen molar-refractivity contribution in [2.45, 2.75) is 39.5 Å². The van der Waals surface area contributed by atoms with E-state index in [2.05, 4.69) is 19.8 Å². The molecule has 0 nitrogen and oxygen atoms in total. The van der Waals surface area contributed by atoms with Gasteiger partial charge in [0.05, 0.1) is 0 Å². The Bertz CT molecular complexity index is 86.7. The summed E-state index contributed by atoms with van der Waals surface area (Å²) in [7, 11) is 0. The highest BCUT2D eigenvalue weighted by Gasteiger charge is 1.95. The summed E-state index contributed by atoms with van der Waals surface area (Å²) < 4.78 is 0. The van der Waals surface area contributed by atoms with Crippen molar-refractivity contribution in [1.29, 1.82) is 0 Å². The summed E-state index contributed by atoms with van der Waals surface area (Å²) in [6, 6.07) is 0. The standard InChI is InChI=1S/C9H15/c1-4-6-7-8-9(3)5-2/h9H,5-8H2,2-3H3. The van der Waals surface area contributed by atoms with E-state index in [0.29, 0.717) is 0 Å². The molecule has 0 heteroatoms.